The third-order valence-corrected chi connectivity index (χ3v) is 18.0. The number of hydrogen-bond acceptors (Lipinski definition) is 5. The predicted octanol–water partition coefficient (Wildman–Crippen LogP) is 24.9. The molecule has 6 heteroatoms. The van der Waals surface area contributed by atoms with Crippen LogP contribution in [0.5, 0.6) is 0 Å². The summed E-state index contributed by atoms with van der Waals surface area (Å²) in [5.74, 6) is -0.0433. The maximum absolute atomic E-state index is 12.5. The summed E-state index contributed by atoms with van der Waals surface area (Å²) in [4.78, 5) is 24.6. The number of aliphatic hydroxyl groups excluding tert-OH is 2. The van der Waals surface area contributed by atoms with E-state index >= 15 is 0 Å². The van der Waals surface area contributed by atoms with E-state index in [0.717, 1.165) is 44.9 Å². The molecule has 0 saturated heterocycles. The molecule has 0 aliphatic carbocycles. The number of amides is 1. The number of carbonyl (C=O) groups excluding carboxylic acids is 2. The van der Waals surface area contributed by atoms with Crippen molar-refractivity contribution in [2.75, 3.05) is 13.2 Å². The lowest BCUT2D eigenvalue weighted by Crippen LogP contribution is -2.45. The molecule has 0 bridgehead atoms. The average Bonchev–Trinajstić information content (AvgIpc) is 3.48. The fourth-order valence-electron chi connectivity index (χ4n) is 12.2. The fraction of sp³-hybridized carbons (Fsp3) is 0.922. The Balaban J connectivity index is 3.35. The molecule has 0 radical (unpaired) electrons. The standard InChI is InChI=1S/C77H149NO5/c1-3-5-7-9-11-13-15-17-19-21-22-34-38-41-45-49-53-57-61-65-69-75(80)74(73-79)78-76(81)70-66-62-58-54-50-46-42-39-35-32-30-28-26-24-23-25-27-29-31-33-36-40-44-48-52-56-60-64-68-72-83-77(82)71-67-63-59-55-51-47-43-37-20-18-16-14-12-10-8-6-4-2/h18,20,65,69,74-75,79-80H,3-17,19,21-64,66-68,70-73H2,1-2H3,(H,78,81)/b20-18-,69-65+. The van der Waals surface area contributed by atoms with Crippen LogP contribution in [0, 0.1) is 0 Å². The molecule has 0 rings (SSSR count). The van der Waals surface area contributed by atoms with Crippen LogP contribution in [0.4, 0.5) is 0 Å². The summed E-state index contributed by atoms with van der Waals surface area (Å²) in [6.45, 7) is 4.95. The SMILES string of the molecule is CCCCCCCC/C=C\CCCCCCCCCC(=O)OCCCCCCCCCCCCCCCCCCCCCCCCCCCCCCCC(=O)NC(CO)C(O)/C=C/CCCCCCCCCCCCCCCCCCCC. The normalized spacial score (nSPS) is 12.6. The van der Waals surface area contributed by atoms with Crippen molar-refractivity contribution in [2.24, 2.45) is 0 Å². The number of esters is 1. The van der Waals surface area contributed by atoms with E-state index in [2.05, 4.69) is 31.3 Å². The minimum Gasteiger partial charge on any atom is -0.466 e. The first-order valence-electron chi connectivity index (χ1n) is 38.1. The summed E-state index contributed by atoms with van der Waals surface area (Å²) in [7, 11) is 0. The van der Waals surface area contributed by atoms with E-state index in [1.165, 1.54) is 360 Å². The van der Waals surface area contributed by atoms with Crippen LogP contribution >= 0.6 is 0 Å². The number of rotatable bonds is 72. The second-order valence-electron chi connectivity index (χ2n) is 26.3. The van der Waals surface area contributed by atoms with Gasteiger partial charge in [0.1, 0.15) is 0 Å². The highest BCUT2D eigenvalue weighted by Gasteiger charge is 2.18. The predicted molar refractivity (Wildman–Crippen MR) is 366 cm³/mol. The summed E-state index contributed by atoms with van der Waals surface area (Å²) < 4.78 is 5.51. The zero-order valence-corrected chi connectivity index (χ0v) is 56.5. The lowest BCUT2D eigenvalue weighted by molar-refractivity contribution is -0.143. The highest BCUT2D eigenvalue weighted by atomic mass is 16.5. The van der Waals surface area contributed by atoms with E-state index < -0.39 is 12.1 Å². The Morgan fingerprint density at radius 2 is 0.566 bits per heavy atom. The van der Waals surface area contributed by atoms with Crippen molar-refractivity contribution in [1.82, 2.24) is 5.32 Å². The third-order valence-electron chi connectivity index (χ3n) is 18.0. The Labute approximate surface area is 520 Å². The van der Waals surface area contributed by atoms with Crippen LogP contribution in [0.1, 0.15) is 431 Å². The third kappa shape index (κ3) is 69.3. The number of aliphatic hydroxyl groups is 2. The Bertz CT molecular complexity index is 1300. The van der Waals surface area contributed by atoms with Gasteiger partial charge in [-0.2, -0.15) is 0 Å². The van der Waals surface area contributed by atoms with Gasteiger partial charge in [0.25, 0.3) is 0 Å². The maximum Gasteiger partial charge on any atom is 0.305 e. The summed E-state index contributed by atoms with van der Waals surface area (Å²) in [6, 6.07) is -0.626. The molecule has 0 aromatic rings. The van der Waals surface area contributed by atoms with Crippen molar-refractivity contribution in [3.63, 3.8) is 0 Å². The van der Waals surface area contributed by atoms with Gasteiger partial charge in [-0.05, 0) is 57.8 Å². The van der Waals surface area contributed by atoms with Crippen molar-refractivity contribution in [2.45, 2.75) is 443 Å². The minimum absolute atomic E-state index is 0.0168. The van der Waals surface area contributed by atoms with E-state index in [4.69, 9.17) is 4.74 Å². The molecular formula is C77H149NO5. The van der Waals surface area contributed by atoms with Crippen molar-refractivity contribution in [3.05, 3.63) is 24.3 Å². The lowest BCUT2D eigenvalue weighted by Gasteiger charge is -2.20. The van der Waals surface area contributed by atoms with Crippen molar-refractivity contribution < 1.29 is 24.5 Å². The molecule has 0 spiro atoms. The molecule has 2 atom stereocenters. The number of ether oxygens (including phenoxy) is 1. The molecule has 6 nitrogen and oxygen atoms in total. The molecular weight excluding hydrogens is 1020 g/mol. The van der Waals surface area contributed by atoms with Gasteiger partial charge in [0.15, 0.2) is 0 Å². The highest BCUT2D eigenvalue weighted by Crippen LogP contribution is 2.20. The first-order chi connectivity index (χ1) is 41.0. The molecule has 2 unspecified atom stereocenters. The van der Waals surface area contributed by atoms with Gasteiger partial charge >= 0.3 is 5.97 Å². The molecule has 83 heavy (non-hydrogen) atoms. The smallest absolute Gasteiger partial charge is 0.305 e. The molecule has 1 amide bonds. The number of unbranched alkanes of at least 4 members (excludes halogenated alkanes) is 59. The van der Waals surface area contributed by atoms with Gasteiger partial charge in [0.2, 0.25) is 5.91 Å². The van der Waals surface area contributed by atoms with Crippen LogP contribution in [0.2, 0.25) is 0 Å². The summed E-state index contributed by atoms with van der Waals surface area (Å²) in [5, 5.41) is 23.3. The van der Waals surface area contributed by atoms with Gasteiger partial charge in [-0.1, -0.05) is 385 Å². The zero-order chi connectivity index (χ0) is 59.9. The average molecular weight is 1170 g/mol. The summed E-state index contributed by atoms with van der Waals surface area (Å²) in [5.41, 5.74) is 0. The Morgan fingerprint density at radius 1 is 0.325 bits per heavy atom. The van der Waals surface area contributed by atoms with Crippen molar-refractivity contribution in [1.29, 1.82) is 0 Å². The van der Waals surface area contributed by atoms with Crippen LogP contribution in [-0.2, 0) is 14.3 Å². The van der Waals surface area contributed by atoms with Crippen molar-refractivity contribution >= 4 is 11.9 Å². The first kappa shape index (κ1) is 81.3. The zero-order valence-electron chi connectivity index (χ0n) is 56.5. The molecule has 0 aliphatic heterocycles. The largest absolute Gasteiger partial charge is 0.466 e. The molecule has 0 aromatic carbocycles. The van der Waals surface area contributed by atoms with Gasteiger partial charge in [-0.3, -0.25) is 9.59 Å². The van der Waals surface area contributed by atoms with Gasteiger partial charge in [0.05, 0.1) is 25.4 Å². The molecule has 3 N–H and O–H groups in total. The minimum atomic E-state index is -0.843. The fourth-order valence-corrected chi connectivity index (χ4v) is 12.2. The van der Waals surface area contributed by atoms with Crippen molar-refractivity contribution in [3.8, 4) is 0 Å². The van der Waals surface area contributed by atoms with E-state index in [-0.39, 0.29) is 18.5 Å². The number of hydrogen-bond donors (Lipinski definition) is 3. The molecule has 0 fully saturated rings. The second kappa shape index (κ2) is 72.8. The summed E-state index contributed by atoms with van der Waals surface area (Å²) >= 11 is 0. The van der Waals surface area contributed by atoms with E-state index in [1.54, 1.807) is 6.08 Å². The number of carbonyl (C=O) groups is 2. The van der Waals surface area contributed by atoms with Crippen LogP contribution < -0.4 is 5.32 Å². The molecule has 492 valence electrons. The van der Waals surface area contributed by atoms with Gasteiger partial charge in [-0.25, -0.2) is 0 Å². The first-order valence-corrected chi connectivity index (χ1v) is 38.1. The number of nitrogens with one attached hydrogen (secondary N) is 1. The van der Waals surface area contributed by atoms with Crippen LogP contribution in [-0.4, -0.2) is 47.4 Å². The van der Waals surface area contributed by atoms with Crippen LogP contribution in [0.3, 0.4) is 0 Å². The maximum atomic E-state index is 12.5. The molecule has 0 saturated carbocycles. The second-order valence-corrected chi connectivity index (χ2v) is 26.3. The Kier molecular flexibility index (Phi) is 71.4. The molecule has 0 heterocycles. The Hall–Kier alpha value is -1.66. The monoisotopic (exact) mass is 1170 g/mol. The van der Waals surface area contributed by atoms with Crippen LogP contribution in [0.15, 0.2) is 24.3 Å². The lowest BCUT2D eigenvalue weighted by atomic mass is 10.0. The van der Waals surface area contributed by atoms with Crippen LogP contribution in [0.25, 0.3) is 0 Å². The van der Waals surface area contributed by atoms with Gasteiger partial charge < -0.3 is 20.3 Å². The number of allylic oxidation sites excluding steroid dienone is 3. The van der Waals surface area contributed by atoms with E-state index in [0.29, 0.717) is 19.4 Å². The van der Waals surface area contributed by atoms with E-state index in [1.807, 2.05) is 6.08 Å². The van der Waals surface area contributed by atoms with Gasteiger partial charge in [0, 0.05) is 12.8 Å². The molecule has 0 aromatic heterocycles. The molecule has 0 aliphatic rings. The van der Waals surface area contributed by atoms with Gasteiger partial charge in [-0.15, -0.1) is 0 Å². The quantitative estimate of drug-likeness (QED) is 0.0320. The Morgan fingerprint density at radius 3 is 0.855 bits per heavy atom. The highest BCUT2D eigenvalue weighted by molar-refractivity contribution is 5.76. The van der Waals surface area contributed by atoms with E-state index in [9.17, 15) is 19.8 Å². The summed E-state index contributed by atoms with van der Waals surface area (Å²) in [6.07, 6.45) is 92.8. The topological polar surface area (TPSA) is 95.9 Å².